The molecule has 3 rings (SSSR count). The van der Waals surface area contributed by atoms with Crippen LogP contribution in [0.4, 0.5) is 4.79 Å². The lowest BCUT2D eigenvalue weighted by atomic mass is 9.99. The molecule has 0 spiro atoms. The highest BCUT2D eigenvalue weighted by Crippen LogP contribution is 2.43. The maximum atomic E-state index is 11.9. The molecule has 19 heavy (non-hydrogen) atoms. The first-order valence-electron chi connectivity index (χ1n) is 6.30. The number of benzene rings is 1. The number of amides is 2. The number of imide groups is 1. The van der Waals surface area contributed by atoms with Crippen LogP contribution in [0.25, 0.3) is 0 Å². The summed E-state index contributed by atoms with van der Waals surface area (Å²) in [4.78, 5) is 24.9. The lowest BCUT2D eigenvalue weighted by Gasteiger charge is -2.24. The van der Waals surface area contributed by atoms with E-state index in [-0.39, 0.29) is 18.1 Å². The fraction of sp³-hybridized carbons (Fsp3) is 0.429. The molecule has 0 saturated carbocycles. The summed E-state index contributed by atoms with van der Waals surface area (Å²) < 4.78 is 10.5. The minimum absolute atomic E-state index is 0.173. The fourth-order valence-electron chi connectivity index (χ4n) is 2.30. The van der Waals surface area contributed by atoms with Gasteiger partial charge in [0.1, 0.15) is 12.2 Å². The molecule has 0 aromatic heterocycles. The van der Waals surface area contributed by atoms with Crippen LogP contribution in [-0.4, -0.2) is 35.2 Å². The van der Waals surface area contributed by atoms with E-state index in [9.17, 15) is 9.59 Å². The number of rotatable bonds is 2. The Morgan fingerprint density at radius 1 is 1.47 bits per heavy atom. The van der Waals surface area contributed by atoms with Gasteiger partial charge in [0.2, 0.25) is 0 Å². The molecule has 1 aromatic carbocycles. The number of hydrogen-bond acceptors (Lipinski definition) is 4. The van der Waals surface area contributed by atoms with Crippen LogP contribution in [0.2, 0.25) is 0 Å². The van der Waals surface area contributed by atoms with Gasteiger partial charge < -0.3 is 9.47 Å². The third-order valence-electron chi connectivity index (χ3n) is 3.63. The van der Waals surface area contributed by atoms with E-state index in [4.69, 9.17) is 9.47 Å². The molecule has 0 N–H and O–H groups in total. The second kappa shape index (κ2) is 4.35. The van der Waals surface area contributed by atoms with Crippen molar-refractivity contribution >= 4 is 12.0 Å². The van der Waals surface area contributed by atoms with Crippen molar-refractivity contribution in [2.45, 2.75) is 31.7 Å². The van der Waals surface area contributed by atoms with Crippen LogP contribution >= 0.6 is 0 Å². The van der Waals surface area contributed by atoms with E-state index in [1.54, 1.807) is 0 Å². The standard InChI is InChI=1S/C14H15NO4/c1-14-7-8-15(12(16)11(14)19-14)13(17)18-9-10-5-3-2-4-6-10/h2-6,11H,7-9H2,1H3/t11-,14+/m0/s1. The van der Waals surface area contributed by atoms with Crippen LogP contribution in [-0.2, 0) is 20.9 Å². The highest BCUT2D eigenvalue weighted by atomic mass is 16.6. The molecule has 2 aliphatic rings. The van der Waals surface area contributed by atoms with Crippen molar-refractivity contribution in [2.75, 3.05) is 6.54 Å². The third-order valence-corrected chi connectivity index (χ3v) is 3.63. The molecule has 2 fully saturated rings. The predicted molar refractivity (Wildman–Crippen MR) is 66.2 cm³/mol. The third kappa shape index (κ3) is 2.21. The van der Waals surface area contributed by atoms with E-state index in [0.29, 0.717) is 13.0 Å². The van der Waals surface area contributed by atoms with Gasteiger partial charge in [-0.05, 0) is 18.9 Å². The van der Waals surface area contributed by atoms with E-state index < -0.39 is 12.2 Å². The van der Waals surface area contributed by atoms with Crippen molar-refractivity contribution in [1.29, 1.82) is 0 Å². The summed E-state index contributed by atoms with van der Waals surface area (Å²) in [6.07, 6.45) is -0.388. The van der Waals surface area contributed by atoms with E-state index in [0.717, 1.165) is 10.5 Å². The van der Waals surface area contributed by atoms with Gasteiger partial charge in [0.05, 0.1) is 0 Å². The molecular weight excluding hydrogens is 246 g/mol. The minimum atomic E-state index is -0.591. The van der Waals surface area contributed by atoms with Crippen molar-refractivity contribution in [1.82, 2.24) is 4.90 Å². The number of fused-ring (bicyclic) bond motifs is 1. The molecule has 5 heteroatoms. The van der Waals surface area contributed by atoms with Gasteiger partial charge in [-0.25, -0.2) is 9.69 Å². The number of nitrogens with zero attached hydrogens (tertiary/aromatic N) is 1. The zero-order chi connectivity index (χ0) is 13.5. The summed E-state index contributed by atoms with van der Waals surface area (Å²) in [6.45, 7) is 2.42. The fourth-order valence-corrected chi connectivity index (χ4v) is 2.30. The number of carbonyl (C=O) groups is 2. The Bertz CT molecular complexity index is 515. The van der Waals surface area contributed by atoms with Crippen LogP contribution < -0.4 is 0 Å². The number of likely N-dealkylation sites (tertiary alicyclic amines) is 1. The molecule has 0 unspecified atom stereocenters. The molecule has 0 bridgehead atoms. The Labute approximate surface area is 111 Å². The maximum Gasteiger partial charge on any atom is 0.416 e. The van der Waals surface area contributed by atoms with Crippen molar-refractivity contribution in [2.24, 2.45) is 0 Å². The topological polar surface area (TPSA) is 59.1 Å². The van der Waals surface area contributed by atoms with Crippen LogP contribution in [0.15, 0.2) is 30.3 Å². The number of carbonyl (C=O) groups excluding carboxylic acids is 2. The zero-order valence-corrected chi connectivity index (χ0v) is 10.7. The van der Waals surface area contributed by atoms with E-state index in [1.165, 1.54) is 0 Å². The molecule has 2 amide bonds. The molecule has 0 aliphatic carbocycles. The summed E-state index contributed by atoms with van der Waals surface area (Å²) in [5.74, 6) is -0.285. The summed E-state index contributed by atoms with van der Waals surface area (Å²) in [6, 6.07) is 9.38. The Balaban J connectivity index is 1.58. The monoisotopic (exact) mass is 261 g/mol. The second-order valence-corrected chi connectivity index (χ2v) is 5.09. The zero-order valence-electron chi connectivity index (χ0n) is 10.7. The quantitative estimate of drug-likeness (QED) is 0.760. The van der Waals surface area contributed by atoms with Crippen LogP contribution in [0.3, 0.4) is 0 Å². The van der Waals surface area contributed by atoms with E-state index in [2.05, 4.69) is 0 Å². The molecule has 1 aromatic rings. The number of epoxide rings is 1. The summed E-state index contributed by atoms with van der Waals surface area (Å²) in [5.41, 5.74) is 0.542. The van der Waals surface area contributed by atoms with Crippen LogP contribution in [0, 0.1) is 0 Å². The van der Waals surface area contributed by atoms with Crippen molar-refractivity contribution in [3.63, 3.8) is 0 Å². The highest BCUT2D eigenvalue weighted by molar-refractivity contribution is 5.97. The lowest BCUT2D eigenvalue weighted by Crippen LogP contribution is -2.46. The van der Waals surface area contributed by atoms with Gasteiger partial charge in [-0.2, -0.15) is 0 Å². The van der Waals surface area contributed by atoms with Gasteiger partial charge >= 0.3 is 6.09 Å². The smallest absolute Gasteiger partial charge is 0.416 e. The second-order valence-electron chi connectivity index (χ2n) is 5.09. The molecule has 2 atom stereocenters. The van der Waals surface area contributed by atoms with Crippen molar-refractivity contribution in [3.05, 3.63) is 35.9 Å². The molecule has 2 heterocycles. The van der Waals surface area contributed by atoms with E-state index >= 15 is 0 Å². The SMILES string of the molecule is C[C@@]12CCN(C(=O)OCc3ccccc3)C(=O)[C@@H]1O2. The van der Waals surface area contributed by atoms with Gasteiger partial charge in [0.25, 0.3) is 5.91 Å². The van der Waals surface area contributed by atoms with Crippen LogP contribution in [0.1, 0.15) is 18.9 Å². The molecular formula is C14H15NO4. The Morgan fingerprint density at radius 3 is 2.95 bits per heavy atom. The molecule has 5 nitrogen and oxygen atoms in total. The average molecular weight is 261 g/mol. The number of hydrogen-bond donors (Lipinski definition) is 0. The normalized spacial score (nSPS) is 28.8. The minimum Gasteiger partial charge on any atom is -0.444 e. The summed E-state index contributed by atoms with van der Waals surface area (Å²) in [5, 5.41) is 0. The first kappa shape index (κ1) is 12.2. The maximum absolute atomic E-state index is 11.9. The van der Waals surface area contributed by atoms with Crippen molar-refractivity contribution < 1.29 is 19.1 Å². The van der Waals surface area contributed by atoms with Gasteiger partial charge in [0, 0.05) is 6.54 Å². The molecule has 2 aliphatic heterocycles. The van der Waals surface area contributed by atoms with Crippen LogP contribution in [0.5, 0.6) is 0 Å². The lowest BCUT2D eigenvalue weighted by molar-refractivity contribution is -0.131. The first-order valence-corrected chi connectivity index (χ1v) is 6.30. The highest BCUT2D eigenvalue weighted by Gasteiger charge is 2.61. The summed E-state index contributed by atoms with van der Waals surface area (Å²) >= 11 is 0. The Morgan fingerprint density at radius 2 is 2.21 bits per heavy atom. The number of ether oxygens (including phenoxy) is 2. The average Bonchev–Trinajstić information content (AvgIpc) is 3.11. The Kier molecular flexibility index (Phi) is 2.78. The largest absolute Gasteiger partial charge is 0.444 e. The predicted octanol–water partition coefficient (Wildman–Crippen LogP) is 1.71. The number of piperidine rings is 1. The first-order chi connectivity index (χ1) is 9.10. The van der Waals surface area contributed by atoms with Gasteiger partial charge in [-0.1, -0.05) is 30.3 Å². The van der Waals surface area contributed by atoms with Gasteiger partial charge in [-0.15, -0.1) is 0 Å². The molecule has 100 valence electrons. The molecule has 2 saturated heterocycles. The van der Waals surface area contributed by atoms with Gasteiger partial charge in [-0.3, -0.25) is 4.79 Å². The Hall–Kier alpha value is -1.88. The van der Waals surface area contributed by atoms with Gasteiger partial charge in [0.15, 0.2) is 6.10 Å². The molecule has 0 radical (unpaired) electrons. The van der Waals surface area contributed by atoms with E-state index in [1.807, 2.05) is 37.3 Å². The summed E-state index contributed by atoms with van der Waals surface area (Å²) in [7, 11) is 0. The van der Waals surface area contributed by atoms with Crippen molar-refractivity contribution in [3.8, 4) is 0 Å².